The van der Waals surface area contributed by atoms with Crippen LogP contribution in [0.15, 0.2) is 66.0 Å². The van der Waals surface area contributed by atoms with Crippen LogP contribution in [-0.4, -0.2) is 37.2 Å². The van der Waals surface area contributed by atoms with Gasteiger partial charge in [0.05, 0.1) is 24.6 Å². The lowest BCUT2D eigenvalue weighted by Crippen LogP contribution is -2.40. The molecule has 2 aromatic rings. The molecule has 11 heteroatoms. The summed E-state index contributed by atoms with van der Waals surface area (Å²) in [6.07, 6.45) is -2.61. The molecule has 1 aliphatic carbocycles. The largest absolute Gasteiger partial charge is 0.405 e. The smallest absolute Gasteiger partial charge is 0.370 e. The summed E-state index contributed by atoms with van der Waals surface area (Å²) >= 11 is 0. The molecule has 180 valence electrons. The van der Waals surface area contributed by atoms with Crippen molar-refractivity contribution in [2.45, 2.75) is 31.7 Å². The minimum atomic E-state index is -4.49. The molecule has 1 heterocycles. The number of hydrazine groups is 2. The van der Waals surface area contributed by atoms with Crippen molar-refractivity contribution in [3.63, 3.8) is 0 Å². The first-order valence-corrected chi connectivity index (χ1v) is 10.7. The third kappa shape index (κ3) is 6.27. The number of nitrogens with zero attached hydrogens (tertiary/aromatic N) is 1. The average Bonchev–Trinajstić information content (AvgIpc) is 3.53. The van der Waals surface area contributed by atoms with Crippen molar-refractivity contribution in [3.05, 3.63) is 77.1 Å². The number of ether oxygens (including phenoxy) is 1. The van der Waals surface area contributed by atoms with Crippen molar-refractivity contribution in [2.24, 2.45) is 0 Å². The molecule has 0 saturated heterocycles. The topological polar surface area (TPSA) is 94.7 Å². The number of benzene rings is 2. The molecule has 0 atom stereocenters. The normalized spacial score (nSPS) is 15.8. The van der Waals surface area contributed by atoms with Crippen LogP contribution in [-0.2, 0) is 16.1 Å². The third-order valence-electron chi connectivity index (χ3n) is 5.18. The van der Waals surface area contributed by atoms with E-state index in [1.54, 1.807) is 17.1 Å². The van der Waals surface area contributed by atoms with E-state index in [2.05, 4.69) is 16.3 Å². The summed E-state index contributed by atoms with van der Waals surface area (Å²) in [6.45, 7) is -0.958. The molecule has 0 spiro atoms. The predicted molar refractivity (Wildman–Crippen MR) is 118 cm³/mol. The molecular weight excluding hydrogens is 451 g/mol. The van der Waals surface area contributed by atoms with E-state index in [0.717, 1.165) is 18.4 Å². The number of nitrogens with one attached hydrogen (secondary N) is 4. The van der Waals surface area contributed by atoms with E-state index in [1.165, 1.54) is 12.1 Å². The molecule has 1 aliphatic heterocycles. The second kappa shape index (κ2) is 10.1. The van der Waals surface area contributed by atoms with Crippen LogP contribution < -0.4 is 26.6 Å². The van der Waals surface area contributed by atoms with E-state index in [4.69, 9.17) is 4.74 Å². The van der Waals surface area contributed by atoms with E-state index in [-0.39, 0.29) is 24.1 Å². The highest BCUT2D eigenvalue weighted by Gasteiger charge is 2.32. The average molecular weight is 475 g/mol. The van der Waals surface area contributed by atoms with Crippen LogP contribution >= 0.6 is 0 Å². The molecule has 8 nitrogen and oxygen atoms in total. The van der Waals surface area contributed by atoms with Crippen molar-refractivity contribution in [1.29, 1.82) is 0 Å². The number of halogens is 3. The number of carbonyl (C=O) groups excluding carboxylic acids is 2. The van der Waals surface area contributed by atoms with E-state index in [9.17, 15) is 22.8 Å². The van der Waals surface area contributed by atoms with Gasteiger partial charge in [0.25, 0.3) is 11.8 Å². The van der Waals surface area contributed by atoms with Gasteiger partial charge in [-0.1, -0.05) is 30.3 Å². The van der Waals surface area contributed by atoms with Crippen LogP contribution in [0.25, 0.3) is 0 Å². The van der Waals surface area contributed by atoms with E-state index in [0.29, 0.717) is 23.7 Å². The minimum absolute atomic E-state index is 0.0812. The Morgan fingerprint density at radius 2 is 1.71 bits per heavy atom. The Balaban J connectivity index is 1.47. The van der Waals surface area contributed by atoms with Crippen LogP contribution in [0.2, 0.25) is 0 Å². The van der Waals surface area contributed by atoms with Gasteiger partial charge in [-0.3, -0.25) is 20.0 Å². The van der Waals surface area contributed by atoms with E-state index >= 15 is 0 Å². The Morgan fingerprint density at radius 3 is 2.35 bits per heavy atom. The maximum Gasteiger partial charge on any atom is 0.405 e. The van der Waals surface area contributed by atoms with Crippen molar-refractivity contribution in [2.75, 3.05) is 18.2 Å². The zero-order valence-corrected chi connectivity index (χ0v) is 18.1. The van der Waals surface area contributed by atoms with Crippen molar-refractivity contribution < 1.29 is 27.5 Å². The number of amides is 2. The van der Waals surface area contributed by atoms with Crippen molar-refractivity contribution in [1.82, 2.24) is 21.6 Å². The van der Waals surface area contributed by atoms with Gasteiger partial charge >= 0.3 is 6.18 Å². The van der Waals surface area contributed by atoms with E-state index in [1.807, 2.05) is 35.6 Å². The SMILES string of the molecule is O=C(NC1CC1)C1=C(COCc2ccccc2)N(c2ccc(C(=O)NCC(F)(F)F)cc2)NN1. The van der Waals surface area contributed by atoms with Gasteiger partial charge in [0, 0.05) is 11.6 Å². The number of alkyl halides is 3. The summed E-state index contributed by atoms with van der Waals surface area (Å²) in [4.78, 5) is 24.7. The monoisotopic (exact) mass is 475 g/mol. The summed E-state index contributed by atoms with van der Waals surface area (Å²) in [7, 11) is 0. The summed E-state index contributed by atoms with van der Waals surface area (Å²) in [5, 5.41) is 6.37. The zero-order valence-electron chi connectivity index (χ0n) is 18.1. The molecule has 1 saturated carbocycles. The lowest BCUT2D eigenvalue weighted by molar-refractivity contribution is -0.123. The van der Waals surface area contributed by atoms with Crippen molar-refractivity contribution >= 4 is 17.5 Å². The summed E-state index contributed by atoms with van der Waals surface area (Å²) in [6, 6.07) is 15.7. The van der Waals surface area contributed by atoms with Crippen LogP contribution in [0.5, 0.6) is 0 Å². The van der Waals surface area contributed by atoms with Crippen LogP contribution in [0.1, 0.15) is 28.8 Å². The molecule has 0 aromatic heterocycles. The molecule has 1 fully saturated rings. The van der Waals surface area contributed by atoms with Gasteiger partial charge in [0.2, 0.25) is 0 Å². The molecular formula is C23H24F3N5O3. The molecule has 0 radical (unpaired) electrons. The summed E-state index contributed by atoms with van der Waals surface area (Å²) in [5.41, 5.74) is 8.24. The first-order valence-electron chi connectivity index (χ1n) is 10.7. The third-order valence-corrected chi connectivity index (χ3v) is 5.18. The molecule has 2 aromatic carbocycles. The molecule has 4 N–H and O–H groups in total. The number of anilines is 1. The first-order chi connectivity index (χ1) is 16.3. The van der Waals surface area contributed by atoms with Gasteiger partial charge in [-0.05, 0) is 42.7 Å². The highest BCUT2D eigenvalue weighted by molar-refractivity contribution is 5.96. The van der Waals surface area contributed by atoms with Gasteiger partial charge in [-0.25, -0.2) is 0 Å². The molecule has 0 unspecified atom stereocenters. The van der Waals surface area contributed by atoms with E-state index < -0.39 is 18.6 Å². The molecule has 2 aliphatic rings. The second-order valence-corrected chi connectivity index (χ2v) is 7.96. The zero-order chi connectivity index (χ0) is 24.1. The molecule has 4 rings (SSSR count). The first kappa shape index (κ1) is 23.6. The number of hydrogen-bond donors (Lipinski definition) is 4. The Labute approximate surface area is 194 Å². The Hall–Kier alpha value is -3.57. The Kier molecular flexibility index (Phi) is 7.03. The van der Waals surface area contributed by atoms with Gasteiger partial charge in [-0.15, -0.1) is 5.53 Å². The number of hydrogen-bond acceptors (Lipinski definition) is 6. The van der Waals surface area contributed by atoms with Crippen LogP contribution in [0, 0.1) is 0 Å². The Bertz CT molecular complexity index is 1050. The standard InChI is InChI=1S/C23H24F3N5O3/c24-23(25,26)14-27-21(32)16-6-10-18(11-7-16)31-19(13-34-12-15-4-2-1-3-5-15)20(29-30-31)22(33)28-17-8-9-17/h1-7,10-11,17,29-30H,8-9,12-14H2,(H,27,32)(H,28,33). The van der Waals surface area contributed by atoms with Gasteiger partial charge in [-0.2, -0.15) is 13.2 Å². The lowest BCUT2D eigenvalue weighted by atomic mass is 10.2. The van der Waals surface area contributed by atoms with Crippen molar-refractivity contribution in [3.8, 4) is 0 Å². The lowest BCUT2D eigenvalue weighted by Gasteiger charge is -2.21. The minimum Gasteiger partial charge on any atom is -0.370 e. The van der Waals surface area contributed by atoms with Gasteiger partial charge in [0.1, 0.15) is 12.2 Å². The Morgan fingerprint density at radius 1 is 1.00 bits per heavy atom. The molecule has 2 amide bonds. The maximum absolute atomic E-state index is 12.7. The summed E-state index contributed by atoms with van der Waals surface area (Å²) < 4.78 is 42.9. The quantitative estimate of drug-likeness (QED) is 0.445. The van der Waals surface area contributed by atoms with Gasteiger partial charge < -0.3 is 15.4 Å². The highest BCUT2D eigenvalue weighted by atomic mass is 19.4. The van der Waals surface area contributed by atoms with Crippen LogP contribution in [0.4, 0.5) is 18.9 Å². The fourth-order valence-electron chi connectivity index (χ4n) is 3.28. The predicted octanol–water partition coefficient (Wildman–Crippen LogP) is 2.51. The fraction of sp³-hybridized carbons (Fsp3) is 0.304. The fourth-order valence-corrected chi connectivity index (χ4v) is 3.28. The maximum atomic E-state index is 12.7. The molecule has 0 bridgehead atoms. The number of carbonyl (C=O) groups is 2. The highest BCUT2D eigenvalue weighted by Crippen LogP contribution is 2.25. The molecule has 34 heavy (non-hydrogen) atoms. The summed E-state index contributed by atoms with van der Waals surface area (Å²) in [5.74, 6) is -1.10. The second-order valence-electron chi connectivity index (χ2n) is 7.96. The van der Waals surface area contributed by atoms with Gasteiger partial charge in [0.15, 0.2) is 0 Å². The van der Waals surface area contributed by atoms with Crippen LogP contribution in [0.3, 0.4) is 0 Å². The number of rotatable bonds is 9.